The number of carbonyl (C=O) groups is 4. The normalized spacial score (nSPS) is 45.8. The summed E-state index contributed by atoms with van der Waals surface area (Å²) in [5, 5.41) is 0. The van der Waals surface area contributed by atoms with E-state index in [0.29, 0.717) is 47.3 Å². The molecule has 0 saturated carbocycles. The topological polar surface area (TPSA) is 296 Å². The molecule has 0 aromatic heterocycles. The number of ether oxygens (including phenoxy) is 12. The summed E-state index contributed by atoms with van der Waals surface area (Å²) in [6.45, 7) is -17.2. The summed E-state index contributed by atoms with van der Waals surface area (Å²) in [6, 6.07) is -9.11. The summed E-state index contributed by atoms with van der Waals surface area (Å²) in [6.07, 6.45) is -47.8. The van der Waals surface area contributed by atoms with Gasteiger partial charge in [-0.15, -0.1) is 0 Å². The first-order chi connectivity index (χ1) is 79.1. The fourth-order valence-electron chi connectivity index (χ4n) is 12.8. The molecule has 120 heavy (non-hydrogen) atoms. The number of rotatable bonds is 28. The maximum absolute atomic E-state index is 13.3. The maximum atomic E-state index is 13.3. The van der Waals surface area contributed by atoms with Gasteiger partial charge in [0.2, 0.25) is 0 Å². The number of hydrogen-bond acceptors (Lipinski definition) is 24. The van der Waals surface area contributed by atoms with Crippen LogP contribution in [0.2, 0.25) is 0 Å². The zero-order valence-corrected chi connectivity index (χ0v) is 70.5. The van der Waals surface area contributed by atoms with E-state index < -0.39 is 323 Å². The van der Waals surface area contributed by atoms with E-state index in [1.807, 2.05) is 0 Å². The molecule has 20 atom stereocenters. The Morgan fingerprint density at radius 3 is 0.725 bits per heavy atom. The lowest BCUT2D eigenvalue weighted by Gasteiger charge is -2.47. The van der Waals surface area contributed by atoms with Gasteiger partial charge in [0.05, 0.1) is 75.9 Å². The van der Waals surface area contributed by atoms with E-state index in [-0.39, 0.29) is 105 Å². The number of carbonyl (C=O) groups excluding carboxylic acids is 4. The predicted octanol–water partition coefficient (Wildman–Crippen LogP) is 14.3. The maximum Gasteiger partial charge on any atom is 0.323 e. The molecule has 672 valence electrons. The Morgan fingerprint density at radius 2 is 0.550 bits per heavy atom. The van der Waals surface area contributed by atoms with Crippen molar-refractivity contribution >= 4 is 23.9 Å². The van der Waals surface area contributed by atoms with E-state index in [9.17, 15) is 57.6 Å². The highest BCUT2D eigenvalue weighted by Gasteiger charge is 2.47. The Bertz CT molecular complexity index is 6470. The monoisotopic (exact) mass is 1730 g/mol. The number of methoxy groups -OCH3 is 8. The van der Waals surface area contributed by atoms with Crippen LogP contribution in [0.1, 0.15) is 310 Å². The van der Waals surface area contributed by atoms with Crippen LogP contribution in [-0.2, 0) is 63.8 Å². The summed E-state index contributed by atoms with van der Waals surface area (Å²) in [7, 11) is 1.54. The molecule has 4 saturated heterocycles. The Kier molecular flexibility index (Phi) is 16.2. The number of benzene rings is 4. The minimum Gasteiger partial charge on any atom is -0.493 e. The largest absolute Gasteiger partial charge is 0.493 e. The van der Waals surface area contributed by atoms with Gasteiger partial charge in [0, 0.05) is 186 Å². The molecule has 0 amide bonds. The second kappa shape index (κ2) is 43.9. The highest BCUT2D eigenvalue weighted by atomic mass is 16.6. The van der Waals surface area contributed by atoms with E-state index in [2.05, 4.69) is 0 Å². The molecule has 4 fully saturated rings. The smallest absolute Gasteiger partial charge is 0.323 e. The van der Waals surface area contributed by atoms with Gasteiger partial charge in [-0.2, -0.15) is 0 Å². The van der Waals surface area contributed by atoms with E-state index in [4.69, 9.17) is 121 Å². The Morgan fingerprint density at radius 1 is 0.358 bits per heavy atom. The van der Waals surface area contributed by atoms with Crippen LogP contribution in [0.5, 0.6) is 46.0 Å². The molecule has 16 unspecified atom stereocenters. The lowest BCUT2D eigenvalue weighted by Crippen LogP contribution is -2.51. The molecule has 8 aliphatic rings. The molecule has 0 aliphatic carbocycles. The van der Waals surface area contributed by atoms with Crippen LogP contribution in [0.4, 0.5) is 0 Å². The molecule has 0 radical (unpaired) electrons. The molecule has 8 aliphatic heterocycles. The van der Waals surface area contributed by atoms with Crippen LogP contribution in [0, 0.1) is 70.8 Å². The van der Waals surface area contributed by atoms with E-state index in [0.717, 1.165) is 38.5 Å². The zero-order chi connectivity index (χ0) is 139. The van der Waals surface area contributed by atoms with E-state index in [1.54, 1.807) is 0 Å². The first kappa shape index (κ1) is 44.1. The molecule has 0 bridgehead atoms. The van der Waals surface area contributed by atoms with Crippen LogP contribution < -0.4 is 60.8 Å². The van der Waals surface area contributed by atoms with Crippen molar-refractivity contribution in [1.82, 2.24) is 19.6 Å². The number of nitrogens with two attached hydrogens (primary N) is 4. The lowest BCUT2D eigenvalue weighted by atomic mass is 9.79. The second-order valence-electron chi connectivity index (χ2n) is 29.8. The molecule has 12 rings (SSSR count). The molecular formula is C96H152N8O16. The highest BCUT2D eigenvalue weighted by Crippen LogP contribution is 2.50. The molecule has 0 spiro atoms. The van der Waals surface area contributed by atoms with Crippen molar-refractivity contribution in [2.75, 3.05) is 109 Å². The van der Waals surface area contributed by atoms with Crippen molar-refractivity contribution in [1.29, 1.82) is 0 Å². The summed E-state index contributed by atoms with van der Waals surface area (Å²) >= 11 is 0. The number of hydrogen-bond donors (Lipinski definition) is 4. The third kappa shape index (κ3) is 23.8. The van der Waals surface area contributed by atoms with Crippen LogP contribution in [0.25, 0.3) is 0 Å². The summed E-state index contributed by atoms with van der Waals surface area (Å²) in [5.74, 6) is -39.6. The number of fused-ring (bicyclic) bond motifs is 12. The van der Waals surface area contributed by atoms with Gasteiger partial charge < -0.3 is 79.8 Å². The van der Waals surface area contributed by atoms with Crippen LogP contribution in [0.3, 0.4) is 0 Å². The fourth-order valence-corrected chi connectivity index (χ4v) is 12.8. The van der Waals surface area contributed by atoms with Gasteiger partial charge in [0.15, 0.2) is 46.0 Å². The van der Waals surface area contributed by atoms with Gasteiger partial charge in [-0.05, 0) is 191 Å². The van der Waals surface area contributed by atoms with Crippen molar-refractivity contribution in [3.8, 4) is 46.0 Å². The van der Waals surface area contributed by atoms with Crippen molar-refractivity contribution in [2.45, 2.75) is 260 Å². The van der Waals surface area contributed by atoms with Crippen LogP contribution in [-0.4, -0.2) is 201 Å². The zero-order valence-electron chi connectivity index (χ0n) is 129. The quantitative estimate of drug-likeness (QED) is 0.0303. The van der Waals surface area contributed by atoms with Gasteiger partial charge in [0.25, 0.3) is 0 Å². The highest BCUT2D eigenvalue weighted by molar-refractivity contribution is 5.77. The average molecular weight is 1730 g/mol. The molecular weight excluding hydrogens is 1520 g/mol. The SMILES string of the molecule is [2H]C([2H])([2H])C([2H])(C)C([2H])([2H])C1([2H])C([2H])([2H])N2CCc3cc(OC)c(OC)cc3C2([2H])C([2H])([2H])C1([2H])OC(=O)[C@@H](N)C(C)C.[2H]C([2H])([2H])C([2H])(C)C([2H])([2H])C1([2H])C([2H])([2H])N2CCc3cc(OC)c(OC)cc3C2([2H])C([2H])([2H])C1([2H])OC(=O)[C@@H](N)C(C)C.[2H]C([2H])([2H])Oc1cc2c(cc1OC)C1([2H])N(CC2)C([2H])([2H])C([2H])(C([2H])([2H])C([2H])(C)C([2H])([2H])[2H])C([2H])(OC(=O)[C@@H](N)C(C)C)C1([2H])[2H].[2H]C([2H])([2H])Oc1cc2c(cc1OC)C1([2H])N(CC2)C([2H])([2H])C([2H])(C([2H])([2H])C([2H])(C)C([2H])([2H])[2H])C([2H])(OC(=O)[C@@H](N)C(C)C)C1([2H])[2H]. The molecule has 24 nitrogen and oxygen atoms in total. The average Bonchev–Trinajstić information content (AvgIpc) is 0.648. The first-order valence-corrected chi connectivity index (χ1v) is 38.5. The molecule has 4 aromatic rings. The summed E-state index contributed by atoms with van der Waals surface area (Å²) < 4.78 is 569. The predicted molar refractivity (Wildman–Crippen MR) is 471 cm³/mol. The minimum atomic E-state index is -4.11. The summed E-state index contributed by atoms with van der Waals surface area (Å²) in [4.78, 5) is 55.1. The van der Waals surface area contributed by atoms with Crippen molar-refractivity contribution < 1.29 is 156 Å². The standard InChI is InChI=1S/4C24H38N2O4/c4*1-14(2)9-17-13-26-8-7-16-10-21(28-5)22(29-6)11-18(16)19(26)12-20(17)30-24(27)23(25)15(3)4/h4*10-11,14-15,17,19-20,23H,7-9,12-13,25H2,1-6H3/t4*17?,19?,20?,23-/m0000/s1/i2*1D3,5D3,9D2,12D2,13D2,14D,17D,19D,20D;2*1D3,9D2,12D2,13D2,14D,17D,19D,20D/t4*14?,17?,19?,20?,23-. The van der Waals surface area contributed by atoms with Crippen molar-refractivity contribution in [2.24, 2.45) is 93.8 Å². The Balaban J connectivity index is 0.000000259. The Labute approximate surface area is 800 Å². The second-order valence-corrected chi connectivity index (χ2v) is 29.8. The van der Waals surface area contributed by atoms with E-state index >= 15 is 0 Å². The fraction of sp³-hybridized carbons (Fsp3) is 0.708. The number of piperidine rings is 4. The lowest BCUT2D eigenvalue weighted by molar-refractivity contribution is -0.161. The van der Waals surface area contributed by atoms with Gasteiger partial charge in [-0.3, -0.25) is 38.8 Å². The molecule has 24 heteroatoms. The van der Waals surface area contributed by atoms with Gasteiger partial charge in [-0.25, -0.2) is 0 Å². The van der Waals surface area contributed by atoms with Crippen LogP contribution in [0.15, 0.2) is 48.5 Å². The third-order valence-electron chi connectivity index (χ3n) is 19.6. The molecule has 8 heterocycles. The van der Waals surface area contributed by atoms with Crippen molar-refractivity contribution in [3.05, 3.63) is 93.0 Å². The van der Waals surface area contributed by atoms with Crippen LogP contribution >= 0.6 is 0 Å². The summed E-state index contributed by atoms with van der Waals surface area (Å²) in [5.41, 5.74) is 22.9. The Hall–Kier alpha value is -7.16. The number of esters is 4. The number of nitrogens with zero attached hydrogens (tertiary/aromatic N) is 4. The molecule has 8 N–H and O–H groups in total. The first-order valence-electron chi connectivity index (χ1n) is 67.5. The van der Waals surface area contributed by atoms with E-state index in [1.165, 1.54) is 108 Å². The van der Waals surface area contributed by atoms with Gasteiger partial charge >= 0.3 is 23.9 Å². The third-order valence-corrected chi connectivity index (χ3v) is 19.6. The molecule has 4 aromatic carbocycles. The minimum absolute atomic E-state index is 0.0136. The van der Waals surface area contributed by atoms with Gasteiger partial charge in [0.1, 0.15) is 48.5 Å². The van der Waals surface area contributed by atoms with Gasteiger partial charge in [-0.1, -0.05) is 110 Å². The van der Waals surface area contributed by atoms with Crippen molar-refractivity contribution in [3.63, 3.8) is 0 Å².